The highest BCUT2D eigenvalue weighted by Gasteiger charge is 2.22. The second-order valence-electron chi connectivity index (χ2n) is 6.27. The maximum atomic E-state index is 12.0. The lowest BCUT2D eigenvalue weighted by atomic mass is 10.0. The van der Waals surface area contributed by atoms with Crippen LogP contribution >= 0.6 is 0 Å². The molecule has 0 spiro atoms. The highest BCUT2D eigenvalue weighted by molar-refractivity contribution is 5.85. The number of carbonyl (C=O) groups excluding carboxylic acids is 2. The van der Waals surface area contributed by atoms with Crippen molar-refractivity contribution in [1.82, 2.24) is 10.6 Å². The van der Waals surface area contributed by atoms with E-state index in [1.807, 2.05) is 52.0 Å². The Morgan fingerprint density at radius 2 is 1.83 bits per heavy atom. The van der Waals surface area contributed by atoms with Gasteiger partial charge in [0.2, 0.25) is 5.91 Å². The number of alkyl carbamates (subject to hydrolysis) is 1. The Morgan fingerprint density at radius 3 is 2.38 bits per heavy atom. The molecule has 6 heteroatoms. The van der Waals surface area contributed by atoms with E-state index in [1.54, 1.807) is 0 Å². The molecule has 1 aromatic carbocycles. The summed E-state index contributed by atoms with van der Waals surface area (Å²) in [5.41, 5.74) is 3.10. The van der Waals surface area contributed by atoms with E-state index in [0.717, 1.165) is 16.7 Å². The third-order valence-corrected chi connectivity index (χ3v) is 3.31. The number of hydrogen-bond acceptors (Lipinski definition) is 4. The zero-order chi connectivity index (χ0) is 18.1. The summed E-state index contributed by atoms with van der Waals surface area (Å²) in [4.78, 5) is 24.0. The predicted molar refractivity (Wildman–Crippen MR) is 91.1 cm³/mol. The Bertz CT molecular complexity index is 600. The van der Waals surface area contributed by atoms with Gasteiger partial charge in [-0.3, -0.25) is 4.79 Å². The molecule has 2 amide bonds. The Labute approximate surface area is 143 Å². The second-order valence-corrected chi connectivity index (χ2v) is 6.27. The molecule has 1 atom stereocenters. The zero-order valence-corrected chi connectivity index (χ0v) is 14.7. The van der Waals surface area contributed by atoms with Crippen LogP contribution in [0.15, 0.2) is 18.2 Å². The van der Waals surface area contributed by atoms with Crippen molar-refractivity contribution in [2.45, 2.75) is 46.8 Å². The summed E-state index contributed by atoms with van der Waals surface area (Å²) < 4.78 is 5.21. The van der Waals surface area contributed by atoms with Crippen LogP contribution in [0.1, 0.15) is 37.0 Å². The van der Waals surface area contributed by atoms with Gasteiger partial charge in [-0.05, 0) is 31.7 Å². The molecule has 6 nitrogen and oxygen atoms in total. The van der Waals surface area contributed by atoms with Gasteiger partial charge < -0.3 is 15.4 Å². The second kappa shape index (κ2) is 9.56. The molecular weight excluding hydrogens is 306 g/mol. The molecule has 0 aliphatic heterocycles. The molecular formula is C18H25N3O3. The lowest BCUT2D eigenvalue weighted by molar-refractivity contribution is -0.123. The van der Waals surface area contributed by atoms with Crippen molar-refractivity contribution in [2.75, 3.05) is 6.54 Å². The highest BCUT2D eigenvalue weighted by Crippen LogP contribution is 2.10. The molecule has 0 heterocycles. The molecule has 0 aliphatic carbocycles. The van der Waals surface area contributed by atoms with Crippen molar-refractivity contribution in [3.8, 4) is 6.07 Å². The quantitative estimate of drug-likeness (QED) is 0.751. The van der Waals surface area contributed by atoms with Gasteiger partial charge in [-0.15, -0.1) is 0 Å². The number of nitriles is 1. The first-order valence-electron chi connectivity index (χ1n) is 7.97. The lowest BCUT2D eigenvalue weighted by Gasteiger charge is -2.19. The number of nitrogens with one attached hydrogen (secondary N) is 2. The van der Waals surface area contributed by atoms with E-state index in [-0.39, 0.29) is 25.0 Å². The molecule has 0 radical (unpaired) electrons. The Hall–Kier alpha value is -2.55. The van der Waals surface area contributed by atoms with Gasteiger partial charge in [0.1, 0.15) is 19.2 Å². The van der Waals surface area contributed by atoms with E-state index in [9.17, 15) is 9.59 Å². The minimum atomic E-state index is -0.718. The highest BCUT2D eigenvalue weighted by atomic mass is 16.5. The number of nitrogens with zero attached hydrogens (tertiary/aromatic N) is 1. The smallest absolute Gasteiger partial charge is 0.408 e. The minimum Gasteiger partial charge on any atom is -0.445 e. The monoisotopic (exact) mass is 331 g/mol. The van der Waals surface area contributed by atoms with Crippen molar-refractivity contribution in [2.24, 2.45) is 5.92 Å². The van der Waals surface area contributed by atoms with Crippen LogP contribution in [0, 0.1) is 31.1 Å². The maximum absolute atomic E-state index is 12.0. The standard InChI is InChI=1S/C18H25N3O3/c1-12(2)7-16(17(22)20-6-5-19)21-18(23)24-11-15-9-13(3)8-14(4)10-15/h8-10,12,16H,6-7,11H2,1-4H3,(H,20,22)(H,21,23)/t16-/m0/s1. The number of benzene rings is 1. The van der Waals surface area contributed by atoms with Crippen LogP contribution < -0.4 is 10.6 Å². The Morgan fingerprint density at radius 1 is 1.21 bits per heavy atom. The van der Waals surface area contributed by atoms with Gasteiger partial charge in [-0.2, -0.15) is 5.26 Å². The van der Waals surface area contributed by atoms with Crippen LogP contribution in [0.3, 0.4) is 0 Å². The van der Waals surface area contributed by atoms with Crippen molar-refractivity contribution >= 4 is 12.0 Å². The van der Waals surface area contributed by atoms with E-state index in [0.29, 0.717) is 6.42 Å². The van der Waals surface area contributed by atoms with Crippen LogP contribution in [-0.4, -0.2) is 24.6 Å². The van der Waals surface area contributed by atoms with Gasteiger partial charge in [-0.1, -0.05) is 43.2 Å². The SMILES string of the molecule is Cc1cc(C)cc(COC(=O)N[C@@H](CC(C)C)C(=O)NCC#N)c1. The number of carbonyl (C=O) groups is 2. The van der Waals surface area contributed by atoms with Gasteiger partial charge in [-0.25, -0.2) is 4.79 Å². The third kappa shape index (κ3) is 7.14. The fourth-order valence-corrected chi connectivity index (χ4v) is 2.44. The lowest BCUT2D eigenvalue weighted by Crippen LogP contribution is -2.47. The molecule has 1 rings (SSSR count). The van der Waals surface area contributed by atoms with Crippen molar-refractivity contribution in [3.05, 3.63) is 34.9 Å². The molecule has 0 unspecified atom stereocenters. The summed E-state index contributed by atoms with van der Waals surface area (Å²) >= 11 is 0. The first-order valence-corrected chi connectivity index (χ1v) is 7.97. The summed E-state index contributed by atoms with van der Waals surface area (Å²) in [6.07, 6.45) is -0.178. The van der Waals surface area contributed by atoms with Gasteiger partial charge in [0.15, 0.2) is 0 Å². The normalized spacial score (nSPS) is 11.5. The molecule has 2 N–H and O–H groups in total. The number of rotatable bonds is 7. The van der Waals surface area contributed by atoms with Gasteiger partial charge in [0.25, 0.3) is 0 Å². The summed E-state index contributed by atoms with van der Waals surface area (Å²) in [6, 6.07) is 7.07. The number of amides is 2. The first-order chi connectivity index (χ1) is 11.3. The van der Waals surface area contributed by atoms with Gasteiger partial charge in [0.05, 0.1) is 6.07 Å². The van der Waals surface area contributed by atoms with E-state index in [4.69, 9.17) is 10.00 Å². The van der Waals surface area contributed by atoms with E-state index in [2.05, 4.69) is 10.6 Å². The summed E-state index contributed by atoms with van der Waals surface area (Å²) in [5.74, 6) is -0.170. The van der Waals surface area contributed by atoms with Crippen LogP contribution in [-0.2, 0) is 16.1 Å². The molecule has 24 heavy (non-hydrogen) atoms. The van der Waals surface area contributed by atoms with Crippen LogP contribution in [0.25, 0.3) is 0 Å². The van der Waals surface area contributed by atoms with Gasteiger partial charge in [0, 0.05) is 0 Å². The molecule has 130 valence electrons. The Kier molecular flexibility index (Phi) is 7.76. The number of aryl methyl sites for hydroxylation is 2. The largest absolute Gasteiger partial charge is 0.445 e. The molecule has 0 aromatic heterocycles. The van der Waals surface area contributed by atoms with Crippen molar-refractivity contribution < 1.29 is 14.3 Å². The van der Waals surface area contributed by atoms with Crippen molar-refractivity contribution in [3.63, 3.8) is 0 Å². The molecule has 0 fully saturated rings. The zero-order valence-electron chi connectivity index (χ0n) is 14.7. The molecule has 1 aromatic rings. The van der Waals surface area contributed by atoms with E-state index in [1.165, 1.54) is 0 Å². The average molecular weight is 331 g/mol. The fraction of sp³-hybridized carbons (Fsp3) is 0.500. The molecule has 0 aliphatic rings. The van der Waals surface area contributed by atoms with Crippen molar-refractivity contribution in [1.29, 1.82) is 5.26 Å². The topological polar surface area (TPSA) is 91.2 Å². The maximum Gasteiger partial charge on any atom is 0.408 e. The third-order valence-electron chi connectivity index (χ3n) is 3.31. The molecule has 0 bridgehead atoms. The average Bonchev–Trinajstić information content (AvgIpc) is 2.48. The van der Waals surface area contributed by atoms with Crippen LogP contribution in [0.5, 0.6) is 0 Å². The summed E-state index contributed by atoms with van der Waals surface area (Å²) in [5, 5.41) is 13.6. The van der Waals surface area contributed by atoms with Crippen LogP contribution in [0.4, 0.5) is 4.79 Å². The van der Waals surface area contributed by atoms with Gasteiger partial charge >= 0.3 is 6.09 Å². The van der Waals surface area contributed by atoms with Crippen LogP contribution in [0.2, 0.25) is 0 Å². The first kappa shape index (κ1) is 19.5. The molecule has 0 saturated carbocycles. The fourth-order valence-electron chi connectivity index (χ4n) is 2.44. The predicted octanol–water partition coefficient (Wildman–Crippen LogP) is 2.58. The number of hydrogen-bond donors (Lipinski definition) is 2. The van der Waals surface area contributed by atoms with E-state index >= 15 is 0 Å². The number of ether oxygens (including phenoxy) is 1. The van der Waals surface area contributed by atoms with E-state index < -0.39 is 12.1 Å². The Balaban J connectivity index is 2.60. The minimum absolute atomic E-state index is 0.0906. The summed E-state index contributed by atoms with van der Waals surface area (Å²) in [6.45, 7) is 7.92. The molecule has 0 saturated heterocycles. The summed E-state index contributed by atoms with van der Waals surface area (Å²) in [7, 11) is 0.